The molecule has 0 aromatic heterocycles. The molecular weight excluding hydrogens is 188 g/mol. The minimum absolute atomic E-state index is 0.108. The van der Waals surface area contributed by atoms with Crippen molar-refractivity contribution in [3.05, 3.63) is 0 Å². The summed E-state index contributed by atoms with van der Waals surface area (Å²) in [4.78, 5) is 12.1. The Labute approximate surface area is 91.1 Å². The van der Waals surface area contributed by atoms with E-state index in [2.05, 4.69) is 0 Å². The average molecular weight is 208 g/mol. The van der Waals surface area contributed by atoms with Gasteiger partial charge in [-0.3, -0.25) is 4.79 Å². The summed E-state index contributed by atoms with van der Waals surface area (Å²) in [7, 11) is 0. The van der Waals surface area contributed by atoms with Gasteiger partial charge in [0.05, 0.1) is 0 Å². The summed E-state index contributed by atoms with van der Waals surface area (Å²) in [5.41, 5.74) is -0.108. The van der Waals surface area contributed by atoms with E-state index < -0.39 is 6.10 Å². The van der Waals surface area contributed by atoms with Crippen LogP contribution in [0.2, 0.25) is 0 Å². The summed E-state index contributed by atoms with van der Waals surface area (Å²) in [6.07, 6.45) is 6.53. The second-order valence-corrected chi connectivity index (χ2v) is 6.24. The molecule has 84 valence electrons. The topological polar surface area (TPSA) is 37.3 Å². The predicted molar refractivity (Wildman–Crippen MR) is 57.3 cm³/mol. The van der Waals surface area contributed by atoms with Crippen molar-refractivity contribution in [1.82, 2.24) is 0 Å². The van der Waals surface area contributed by atoms with Gasteiger partial charge < -0.3 is 5.11 Å². The van der Waals surface area contributed by atoms with E-state index in [1.807, 2.05) is 0 Å². The van der Waals surface area contributed by atoms with Gasteiger partial charge in [0.25, 0.3) is 0 Å². The monoisotopic (exact) mass is 208 g/mol. The van der Waals surface area contributed by atoms with Crippen LogP contribution in [-0.2, 0) is 4.79 Å². The van der Waals surface area contributed by atoms with Gasteiger partial charge in [0.1, 0.15) is 6.10 Å². The molecule has 0 saturated heterocycles. The minimum Gasteiger partial charge on any atom is -0.386 e. The molecule has 2 heteroatoms. The molecule has 2 nitrogen and oxygen atoms in total. The summed E-state index contributed by atoms with van der Waals surface area (Å²) in [6, 6.07) is 0. The highest BCUT2D eigenvalue weighted by Crippen LogP contribution is 2.60. The van der Waals surface area contributed by atoms with Crippen molar-refractivity contribution < 1.29 is 9.90 Å². The van der Waals surface area contributed by atoms with E-state index in [9.17, 15) is 9.90 Å². The zero-order valence-electron chi connectivity index (χ0n) is 9.41. The van der Waals surface area contributed by atoms with Gasteiger partial charge in [-0.1, -0.05) is 0 Å². The van der Waals surface area contributed by atoms with Gasteiger partial charge in [0, 0.05) is 5.41 Å². The molecular formula is C13H20O2. The summed E-state index contributed by atoms with van der Waals surface area (Å²) in [5, 5.41) is 9.53. The Bertz CT molecular complexity index is 258. The molecule has 4 aliphatic rings. The van der Waals surface area contributed by atoms with Crippen LogP contribution in [0.1, 0.15) is 45.4 Å². The van der Waals surface area contributed by atoms with Gasteiger partial charge in [-0.25, -0.2) is 0 Å². The third kappa shape index (κ3) is 1.37. The molecule has 0 aromatic carbocycles. The van der Waals surface area contributed by atoms with E-state index in [0.717, 1.165) is 37.0 Å². The van der Waals surface area contributed by atoms with Crippen LogP contribution >= 0.6 is 0 Å². The number of carbonyl (C=O) groups excluding carboxylic acids is 1. The minimum atomic E-state index is -0.749. The maximum Gasteiger partial charge on any atom is 0.167 e. The fourth-order valence-electron chi connectivity index (χ4n) is 4.86. The highest BCUT2D eigenvalue weighted by Gasteiger charge is 2.54. The van der Waals surface area contributed by atoms with E-state index in [0.29, 0.717) is 0 Å². The molecule has 4 aliphatic carbocycles. The Hall–Kier alpha value is -0.370. The first-order valence-electron chi connectivity index (χ1n) is 6.31. The normalized spacial score (nSPS) is 49.3. The van der Waals surface area contributed by atoms with Gasteiger partial charge in [0.2, 0.25) is 0 Å². The lowest BCUT2D eigenvalue weighted by atomic mass is 9.48. The molecule has 4 saturated carbocycles. The molecule has 4 fully saturated rings. The van der Waals surface area contributed by atoms with E-state index in [-0.39, 0.29) is 11.2 Å². The molecule has 0 amide bonds. The number of aliphatic hydroxyl groups excluding tert-OH is 1. The van der Waals surface area contributed by atoms with Gasteiger partial charge in [-0.2, -0.15) is 0 Å². The number of rotatable bonds is 2. The van der Waals surface area contributed by atoms with E-state index >= 15 is 0 Å². The summed E-state index contributed by atoms with van der Waals surface area (Å²) in [6.45, 7) is 1.64. The first-order valence-corrected chi connectivity index (χ1v) is 6.31. The Morgan fingerprint density at radius 2 is 1.53 bits per heavy atom. The number of Topliss-reactive ketones (excluding diaryl/α,β-unsaturated/α-hetero) is 1. The first-order chi connectivity index (χ1) is 7.09. The van der Waals surface area contributed by atoms with E-state index in [1.54, 1.807) is 6.92 Å². The summed E-state index contributed by atoms with van der Waals surface area (Å²) < 4.78 is 0. The number of ketones is 1. The summed E-state index contributed by atoms with van der Waals surface area (Å²) >= 11 is 0. The molecule has 1 N–H and O–H groups in total. The second kappa shape index (κ2) is 3.07. The fraction of sp³-hybridized carbons (Fsp3) is 0.923. The van der Waals surface area contributed by atoms with Gasteiger partial charge >= 0.3 is 0 Å². The van der Waals surface area contributed by atoms with Crippen molar-refractivity contribution in [2.75, 3.05) is 0 Å². The molecule has 0 aliphatic heterocycles. The highest BCUT2D eigenvalue weighted by molar-refractivity contribution is 5.88. The molecule has 0 spiro atoms. The standard InChI is InChI=1S/C13H20O2/c1-8(14)12(15)13-5-9-2-10(6-13)4-11(3-9)7-13/h8-11,14H,2-7H2,1H3/t8-,9?,10?,11?,13?/m0/s1. The van der Waals surface area contributed by atoms with E-state index in [4.69, 9.17) is 0 Å². The number of carbonyl (C=O) groups is 1. The number of aliphatic hydroxyl groups is 1. The van der Waals surface area contributed by atoms with Crippen molar-refractivity contribution in [2.45, 2.75) is 51.6 Å². The lowest BCUT2D eigenvalue weighted by Gasteiger charge is -2.56. The maximum absolute atomic E-state index is 12.1. The largest absolute Gasteiger partial charge is 0.386 e. The third-order valence-corrected chi connectivity index (χ3v) is 4.94. The van der Waals surface area contributed by atoms with Crippen LogP contribution in [0.4, 0.5) is 0 Å². The van der Waals surface area contributed by atoms with Crippen LogP contribution in [0.5, 0.6) is 0 Å². The van der Waals surface area contributed by atoms with Crippen LogP contribution in [0, 0.1) is 23.2 Å². The number of hydrogen-bond donors (Lipinski definition) is 1. The molecule has 15 heavy (non-hydrogen) atoms. The van der Waals surface area contributed by atoms with E-state index in [1.165, 1.54) is 19.3 Å². The van der Waals surface area contributed by atoms with Crippen molar-refractivity contribution in [3.8, 4) is 0 Å². The highest BCUT2D eigenvalue weighted by atomic mass is 16.3. The quantitative estimate of drug-likeness (QED) is 0.755. The fourth-order valence-corrected chi connectivity index (χ4v) is 4.86. The first kappa shape index (κ1) is 9.83. The van der Waals surface area contributed by atoms with Crippen molar-refractivity contribution in [3.63, 3.8) is 0 Å². The Balaban J connectivity index is 1.90. The zero-order chi connectivity index (χ0) is 10.6. The van der Waals surface area contributed by atoms with Crippen LogP contribution in [-0.4, -0.2) is 17.0 Å². The zero-order valence-corrected chi connectivity index (χ0v) is 9.41. The van der Waals surface area contributed by atoms with Crippen LogP contribution in [0.15, 0.2) is 0 Å². The van der Waals surface area contributed by atoms with Gasteiger partial charge in [-0.15, -0.1) is 0 Å². The SMILES string of the molecule is C[C@H](O)C(=O)C12CC3CC(CC(C3)C1)C2. The predicted octanol–water partition coefficient (Wildman–Crippen LogP) is 2.15. The molecule has 0 unspecified atom stereocenters. The summed E-state index contributed by atoms with van der Waals surface area (Å²) in [5.74, 6) is 2.51. The third-order valence-electron chi connectivity index (χ3n) is 4.94. The molecule has 0 heterocycles. The van der Waals surface area contributed by atoms with Crippen LogP contribution < -0.4 is 0 Å². The molecule has 0 radical (unpaired) electrons. The molecule has 4 bridgehead atoms. The lowest BCUT2D eigenvalue weighted by Crippen LogP contribution is -2.52. The molecule has 0 aromatic rings. The smallest absolute Gasteiger partial charge is 0.167 e. The Morgan fingerprint density at radius 3 is 1.87 bits per heavy atom. The lowest BCUT2D eigenvalue weighted by molar-refractivity contribution is -0.151. The van der Waals surface area contributed by atoms with Gasteiger partial charge in [0.15, 0.2) is 5.78 Å². The molecule has 1 atom stereocenters. The van der Waals surface area contributed by atoms with Crippen molar-refractivity contribution in [1.29, 1.82) is 0 Å². The average Bonchev–Trinajstić information content (AvgIpc) is 2.14. The number of hydrogen-bond acceptors (Lipinski definition) is 2. The van der Waals surface area contributed by atoms with Crippen molar-refractivity contribution in [2.24, 2.45) is 23.2 Å². The molecule has 4 rings (SSSR count). The Kier molecular flexibility index (Phi) is 2.01. The van der Waals surface area contributed by atoms with Crippen molar-refractivity contribution >= 4 is 5.78 Å². The Morgan fingerprint density at radius 1 is 1.13 bits per heavy atom. The second-order valence-electron chi connectivity index (χ2n) is 6.24. The van der Waals surface area contributed by atoms with Crippen LogP contribution in [0.25, 0.3) is 0 Å². The maximum atomic E-state index is 12.1. The van der Waals surface area contributed by atoms with Gasteiger partial charge in [-0.05, 0) is 63.2 Å². The van der Waals surface area contributed by atoms with Crippen LogP contribution in [0.3, 0.4) is 0 Å².